The summed E-state index contributed by atoms with van der Waals surface area (Å²) in [5.41, 5.74) is 0.336. The van der Waals surface area contributed by atoms with Crippen LogP contribution in [0.15, 0.2) is 44.0 Å². The molecule has 0 aliphatic rings. The molecule has 0 spiro atoms. The summed E-state index contributed by atoms with van der Waals surface area (Å²) in [5.74, 6) is 0.698. The number of fused-ring (bicyclic) bond motifs is 3. The van der Waals surface area contributed by atoms with Crippen LogP contribution in [0.4, 0.5) is 0 Å². The summed E-state index contributed by atoms with van der Waals surface area (Å²) < 4.78 is 16.5. The lowest BCUT2D eigenvalue weighted by Crippen LogP contribution is -2.18. The van der Waals surface area contributed by atoms with Crippen molar-refractivity contribution in [3.05, 3.63) is 46.5 Å². The summed E-state index contributed by atoms with van der Waals surface area (Å²) in [6, 6.07) is 8.76. The van der Waals surface area contributed by atoms with Crippen molar-refractivity contribution in [3.8, 4) is 0 Å². The van der Waals surface area contributed by atoms with Crippen LogP contribution in [-0.2, 0) is 10.3 Å². The summed E-state index contributed by atoms with van der Waals surface area (Å²) in [7, 11) is 1.63. The molecule has 1 aromatic carbocycles. The molecule has 0 fully saturated rings. The summed E-state index contributed by atoms with van der Waals surface area (Å²) in [6.07, 6.45) is 0. The molecule has 0 radical (unpaired) electrons. The highest BCUT2D eigenvalue weighted by molar-refractivity contribution is 6.02. The van der Waals surface area contributed by atoms with Crippen LogP contribution in [0.25, 0.3) is 21.9 Å². The van der Waals surface area contributed by atoms with Gasteiger partial charge in [0.2, 0.25) is 0 Å². The van der Waals surface area contributed by atoms with Crippen molar-refractivity contribution in [1.29, 1.82) is 0 Å². The van der Waals surface area contributed by atoms with Crippen LogP contribution in [0.2, 0.25) is 0 Å². The number of ether oxygens (including phenoxy) is 1. The molecule has 2 heterocycles. The van der Waals surface area contributed by atoms with E-state index in [-0.39, 0.29) is 5.63 Å². The van der Waals surface area contributed by atoms with Crippen LogP contribution in [0.5, 0.6) is 0 Å². The summed E-state index contributed by atoms with van der Waals surface area (Å²) in [6.45, 7) is 3.84. The number of methoxy groups -OCH3 is 1. The Hall–Kier alpha value is -2.07. The lowest BCUT2D eigenvalue weighted by Gasteiger charge is -2.19. The van der Waals surface area contributed by atoms with Crippen LogP contribution in [0.1, 0.15) is 19.6 Å². The second-order valence-electron chi connectivity index (χ2n) is 4.98. The van der Waals surface area contributed by atoms with Crippen molar-refractivity contribution < 1.29 is 13.6 Å². The van der Waals surface area contributed by atoms with Gasteiger partial charge in [-0.25, -0.2) is 4.79 Å². The first-order valence-electron chi connectivity index (χ1n) is 6.03. The molecule has 4 nitrogen and oxygen atoms in total. The zero-order chi connectivity index (χ0) is 13.6. The molecule has 0 aliphatic heterocycles. The fraction of sp³-hybridized carbons (Fsp3) is 0.267. The maximum Gasteiger partial charge on any atom is 0.336 e. The van der Waals surface area contributed by atoms with Crippen LogP contribution < -0.4 is 5.63 Å². The molecule has 0 saturated carbocycles. The van der Waals surface area contributed by atoms with Crippen LogP contribution >= 0.6 is 0 Å². The summed E-state index contributed by atoms with van der Waals surface area (Å²) in [4.78, 5) is 11.4. The second kappa shape index (κ2) is 3.96. The van der Waals surface area contributed by atoms with Gasteiger partial charge >= 0.3 is 5.63 Å². The molecule has 0 unspecified atom stereocenters. The predicted molar refractivity (Wildman–Crippen MR) is 72.3 cm³/mol. The zero-order valence-corrected chi connectivity index (χ0v) is 11.0. The second-order valence-corrected chi connectivity index (χ2v) is 4.98. The summed E-state index contributed by atoms with van der Waals surface area (Å²) >= 11 is 0. The maximum atomic E-state index is 11.4. The van der Waals surface area contributed by atoms with E-state index in [2.05, 4.69) is 0 Å². The van der Waals surface area contributed by atoms with Crippen LogP contribution in [0.3, 0.4) is 0 Å². The molecule has 2 aromatic heterocycles. The quantitative estimate of drug-likeness (QED) is 0.661. The van der Waals surface area contributed by atoms with Gasteiger partial charge in [0.05, 0.1) is 5.39 Å². The number of rotatable bonds is 2. The third-order valence-electron chi connectivity index (χ3n) is 3.39. The number of hydrogen-bond donors (Lipinski definition) is 0. The van der Waals surface area contributed by atoms with Gasteiger partial charge in [-0.15, -0.1) is 0 Å². The first kappa shape index (κ1) is 12.0. The minimum atomic E-state index is -0.527. The largest absolute Gasteiger partial charge is 0.458 e. The van der Waals surface area contributed by atoms with E-state index in [1.165, 1.54) is 6.07 Å². The fourth-order valence-electron chi connectivity index (χ4n) is 2.04. The Morgan fingerprint density at radius 1 is 1.11 bits per heavy atom. The monoisotopic (exact) mass is 258 g/mol. The Balaban J connectivity index is 2.36. The third-order valence-corrected chi connectivity index (χ3v) is 3.39. The van der Waals surface area contributed by atoms with Gasteiger partial charge in [-0.05, 0) is 38.1 Å². The van der Waals surface area contributed by atoms with Gasteiger partial charge in [-0.1, -0.05) is 0 Å². The normalized spacial score (nSPS) is 12.4. The van der Waals surface area contributed by atoms with E-state index < -0.39 is 5.60 Å². The molecular weight excluding hydrogens is 244 g/mol. The number of benzene rings is 1. The van der Waals surface area contributed by atoms with Crippen LogP contribution in [0, 0.1) is 0 Å². The van der Waals surface area contributed by atoms with Crippen molar-refractivity contribution in [3.63, 3.8) is 0 Å². The molecule has 0 amide bonds. The molecular formula is C15H14O4. The average molecular weight is 258 g/mol. The topological polar surface area (TPSA) is 52.6 Å². The molecule has 0 saturated heterocycles. The molecule has 3 aromatic rings. The summed E-state index contributed by atoms with van der Waals surface area (Å²) in [5, 5.41) is 1.66. The highest BCUT2D eigenvalue weighted by Gasteiger charge is 2.25. The first-order chi connectivity index (χ1) is 9.01. The van der Waals surface area contributed by atoms with Gasteiger partial charge in [0.15, 0.2) is 0 Å². The van der Waals surface area contributed by atoms with E-state index >= 15 is 0 Å². The van der Waals surface area contributed by atoms with Crippen molar-refractivity contribution in [1.82, 2.24) is 0 Å². The van der Waals surface area contributed by atoms with E-state index in [4.69, 9.17) is 13.6 Å². The van der Waals surface area contributed by atoms with Gasteiger partial charge < -0.3 is 13.6 Å². The van der Waals surface area contributed by atoms with E-state index in [0.29, 0.717) is 16.9 Å². The van der Waals surface area contributed by atoms with Gasteiger partial charge in [0.25, 0.3) is 0 Å². The Bertz CT molecular complexity index is 808. The highest BCUT2D eigenvalue weighted by Crippen LogP contribution is 2.33. The van der Waals surface area contributed by atoms with E-state index in [0.717, 1.165) is 10.8 Å². The highest BCUT2D eigenvalue weighted by atomic mass is 16.5. The van der Waals surface area contributed by atoms with Crippen LogP contribution in [-0.4, -0.2) is 7.11 Å². The minimum absolute atomic E-state index is 0.367. The maximum absolute atomic E-state index is 11.4. The van der Waals surface area contributed by atoms with Crippen molar-refractivity contribution in [2.75, 3.05) is 7.11 Å². The van der Waals surface area contributed by atoms with Gasteiger partial charge in [0.1, 0.15) is 22.5 Å². The number of furan rings is 1. The molecule has 19 heavy (non-hydrogen) atoms. The predicted octanol–water partition coefficient (Wildman–Crippen LogP) is 3.42. The SMILES string of the molecule is COC(C)(C)c1cc2c(ccc3ccc(=O)oc32)o1. The Morgan fingerprint density at radius 3 is 2.58 bits per heavy atom. The fourth-order valence-corrected chi connectivity index (χ4v) is 2.04. The number of hydrogen-bond acceptors (Lipinski definition) is 4. The van der Waals surface area contributed by atoms with Gasteiger partial charge in [-0.2, -0.15) is 0 Å². The van der Waals surface area contributed by atoms with E-state index in [1.807, 2.05) is 32.0 Å². The van der Waals surface area contributed by atoms with Gasteiger partial charge in [-0.3, -0.25) is 0 Å². The Kier molecular flexibility index (Phi) is 2.50. The molecule has 4 heteroatoms. The molecule has 3 rings (SSSR count). The Morgan fingerprint density at radius 2 is 1.84 bits per heavy atom. The van der Waals surface area contributed by atoms with Crippen molar-refractivity contribution in [2.45, 2.75) is 19.4 Å². The molecule has 0 bridgehead atoms. The minimum Gasteiger partial charge on any atom is -0.458 e. The molecule has 98 valence electrons. The lowest BCUT2D eigenvalue weighted by molar-refractivity contribution is 0.00212. The zero-order valence-electron chi connectivity index (χ0n) is 11.0. The standard InChI is InChI=1S/C15H14O4/c1-15(2,17-3)12-8-10-11(18-12)6-4-9-5-7-13(16)19-14(9)10/h4-8H,1-3H3. The smallest absolute Gasteiger partial charge is 0.336 e. The Labute approximate surface area is 109 Å². The van der Waals surface area contributed by atoms with Crippen molar-refractivity contribution in [2.24, 2.45) is 0 Å². The molecule has 0 atom stereocenters. The molecule has 0 N–H and O–H groups in total. The lowest BCUT2D eigenvalue weighted by atomic mass is 10.1. The van der Waals surface area contributed by atoms with E-state index in [1.54, 1.807) is 13.2 Å². The average Bonchev–Trinajstić information content (AvgIpc) is 2.83. The van der Waals surface area contributed by atoms with E-state index in [9.17, 15) is 4.79 Å². The molecule has 0 aliphatic carbocycles. The first-order valence-corrected chi connectivity index (χ1v) is 6.03. The van der Waals surface area contributed by atoms with Gasteiger partial charge in [0, 0.05) is 18.6 Å². The van der Waals surface area contributed by atoms with Crippen molar-refractivity contribution >= 4 is 21.9 Å². The third kappa shape index (κ3) is 1.85.